The van der Waals surface area contributed by atoms with Crippen molar-refractivity contribution in [1.29, 1.82) is 0 Å². The standard InChI is InChI=1S/C44H76N4O14/c49-38(20-19-37(44(56)57)47-40(51)17-15-13-11-9-7-5-3-1-2-4-6-8-10-12-14-16-18-43(54)55)45-24-27-58-29-31-60-33-35-62-36-34-61-32-30-59-28-25-46-39(50)23-26-48-41(52)21-22-42(48)53/h21-22,37H,1-20,23-36H2,(H,45,49)(H,46,50)(H,47,51)(H,54,55)(H,56,57)/t37-/m0/s1. The summed E-state index contributed by atoms with van der Waals surface area (Å²) in [5, 5.41) is 26.1. The quantitative estimate of drug-likeness (QED) is 0.0428. The first-order chi connectivity index (χ1) is 30.1. The number of nitrogens with zero attached hydrogens (tertiary/aromatic N) is 1. The largest absolute Gasteiger partial charge is 0.481 e. The van der Waals surface area contributed by atoms with Crippen LogP contribution in [0.15, 0.2) is 12.2 Å². The third-order valence-corrected chi connectivity index (χ3v) is 9.93. The first-order valence-electron chi connectivity index (χ1n) is 22.8. The van der Waals surface area contributed by atoms with Gasteiger partial charge >= 0.3 is 11.9 Å². The summed E-state index contributed by atoms with van der Waals surface area (Å²) in [5.41, 5.74) is 0. The van der Waals surface area contributed by atoms with Gasteiger partial charge < -0.3 is 49.8 Å². The number of ether oxygens (including phenoxy) is 5. The van der Waals surface area contributed by atoms with Gasteiger partial charge in [-0.1, -0.05) is 89.9 Å². The van der Waals surface area contributed by atoms with Crippen LogP contribution in [0.4, 0.5) is 0 Å². The number of carbonyl (C=O) groups excluding carboxylic acids is 5. The van der Waals surface area contributed by atoms with Crippen molar-refractivity contribution in [3.8, 4) is 0 Å². The van der Waals surface area contributed by atoms with Crippen LogP contribution in [-0.4, -0.2) is 148 Å². The van der Waals surface area contributed by atoms with Gasteiger partial charge in [0.15, 0.2) is 0 Å². The molecule has 1 aliphatic rings. The molecule has 0 radical (unpaired) electrons. The number of aliphatic carboxylic acids is 2. The van der Waals surface area contributed by atoms with Gasteiger partial charge in [0.1, 0.15) is 6.04 Å². The first-order valence-corrected chi connectivity index (χ1v) is 22.8. The zero-order valence-corrected chi connectivity index (χ0v) is 37.0. The average molecular weight is 885 g/mol. The van der Waals surface area contributed by atoms with Crippen molar-refractivity contribution in [1.82, 2.24) is 20.9 Å². The highest BCUT2D eigenvalue weighted by atomic mass is 16.6. The zero-order chi connectivity index (χ0) is 45.3. The second kappa shape index (κ2) is 39.8. The monoisotopic (exact) mass is 885 g/mol. The molecule has 1 heterocycles. The molecule has 0 spiro atoms. The Hall–Kier alpha value is -3.97. The third kappa shape index (κ3) is 34.6. The molecule has 1 aliphatic heterocycles. The van der Waals surface area contributed by atoms with Crippen LogP contribution >= 0.6 is 0 Å². The molecule has 1 rings (SSSR count). The van der Waals surface area contributed by atoms with E-state index in [9.17, 15) is 38.7 Å². The van der Waals surface area contributed by atoms with Crippen molar-refractivity contribution in [2.45, 2.75) is 141 Å². The molecule has 18 nitrogen and oxygen atoms in total. The lowest BCUT2D eigenvalue weighted by Crippen LogP contribution is -2.41. The van der Waals surface area contributed by atoms with E-state index < -0.39 is 29.8 Å². The molecule has 0 unspecified atom stereocenters. The van der Waals surface area contributed by atoms with E-state index in [2.05, 4.69) is 16.0 Å². The van der Waals surface area contributed by atoms with E-state index >= 15 is 0 Å². The smallest absolute Gasteiger partial charge is 0.326 e. The van der Waals surface area contributed by atoms with E-state index in [1.807, 2.05) is 0 Å². The molecular weight excluding hydrogens is 808 g/mol. The van der Waals surface area contributed by atoms with Crippen molar-refractivity contribution in [2.24, 2.45) is 0 Å². The van der Waals surface area contributed by atoms with E-state index in [4.69, 9.17) is 28.8 Å². The van der Waals surface area contributed by atoms with Gasteiger partial charge in [-0.25, -0.2) is 4.79 Å². The molecule has 5 N–H and O–H groups in total. The fourth-order valence-electron chi connectivity index (χ4n) is 6.38. The number of rotatable bonds is 45. The summed E-state index contributed by atoms with van der Waals surface area (Å²) in [6, 6.07) is -1.12. The van der Waals surface area contributed by atoms with Crippen LogP contribution in [0.2, 0.25) is 0 Å². The Bertz CT molecular complexity index is 1270. The van der Waals surface area contributed by atoms with Gasteiger partial charge in [-0.3, -0.25) is 33.7 Å². The molecule has 0 aliphatic carbocycles. The molecule has 0 saturated carbocycles. The lowest BCUT2D eigenvalue weighted by Gasteiger charge is -2.14. The highest BCUT2D eigenvalue weighted by Gasteiger charge is 2.23. The number of carboxylic acid groups (broad SMARTS) is 2. The van der Waals surface area contributed by atoms with Crippen molar-refractivity contribution in [3.05, 3.63) is 12.2 Å². The number of imide groups is 1. The van der Waals surface area contributed by atoms with Crippen molar-refractivity contribution < 1.29 is 67.5 Å². The maximum absolute atomic E-state index is 12.3. The fourth-order valence-corrected chi connectivity index (χ4v) is 6.38. The number of hydrogen-bond acceptors (Lipinski definition) is 12. The van der Waals surface area contributed by atoms with Gasteiger partial charge in [0.25, 0.3) is 11.8 Å². The van der Waals surface area contributed by atoms with E-state index in [1.165, 1.54) is 69.9 Å². The highest BCUT2D eigenvalue weighted by Crippen LogP contribution is 2.14. The minimum absolute atomic E-state index is 0.000260. The lowest BCUT2D eigenvalue weighted by molar-refractivity contribution is -0.142. The topological polar surface area (TPSA) is 245 Å². The van der Waals surface area contributed by atoms with E-state index in [0.717, 1.165) is 43.4 Å². The molecule has 0 aromatic rings. The van der Waals surface area contributed by atoms with Gasteiger partial charge in [0.2, 0.25) is 17.7 Å². The van der Waals surface area contributed by atoms with Crippen LogP contribution in [0.3, 0.4) is 0 Å². The lowest BCUT2D eigenvalue weighted by atomic mass is 10.0. The van der Waals surface area contributed by atoms with Crippen LogP contribution in [0.5, 0.6) is 0 Å². The van der Waals surface area contributed by atoms with Gasteiger partial charge in [0.05, 0.1) is 66.1 Å². The summed E-state index contributed by atoms with van der Waals surface area (Å²) in [6.07, 6.45) is 20.8. The SMILES string of the molecule is O=C(O)CCCCCCCCCCCCCCCCCCC(=O)N[C@@H](CCC(=O)NCCOCCOCCOCCOCCOCCNC(=O)CCN1C(=O)C=CC1=O)C(=O)O. The number of nitrogens with one attached hydrogen (secondary N) is 3. The number of carbonyl (C=O) groups is 7. The second-order valence-electron chi connectivity index (χ2n) is 15.2. The maximum atomic E-state index is 12.3. The normalized spacial score (nSPS) is 12.8. The number of amides is 5. The Kier molecular flexibility index (Phi) is 36.0. The number of carboxylic acids is 2. The molecular formula is C44H76N4O14. The summed E-state index contributed by atoms with van der Waals surface area (Å²) in [6.45, 7) is 4.11. The first kappa shape index (κ1) is 56.0. The summed E-state index contributed by atoms with van der Waals surface area (Å²) in [7, 11) is 0. The Balaban J connectivity index is 1.84. The van der Waals surface area contributed by atoms with Crippen molar-refractivity contribution in [3.63, 3.8) is 0 Å². The molecule has 0 aromatic carbocycles. The Morgan fingerprint density at radius 1 is 0.468 bits per heavy atom. The molecule has 356 valence electrons. The molecule has 1 atom stereocenters. The average Bonchev–Trinajstić information content (AvgIpc) is 3.57. The predicted molar refractivity (Wildman–Crippen MR) is 230 cm³/mol. The fraction of sp³-hybridized carbons (Fsp3) is 0.795. The van der Waals surface area contributed by atoms with Crippen LogP contribution in [0, 0.1) is 0 Å². The molecule has 5 amide bonds. The van der Waals surface area contributed by atoms with Crippen LogP contribution in [0.25, 0.3) is 0 Å². The predicted octanol–water partition coefficient (Wildman–Crippen LogP) is 4.07. The summed E-state index contributed by atoms with van der Waals surface area (Å²) >= 11 is 0. The molecule has 0 fully saturated rings. The van der Waals surface area contributed by atoms with Gasteiger partial charge in [-0.15, -0.1) is 0 Å². The molecule has 18 heteroatoms. The Morgan fingerprint density at radius 2 is 0.823 bits per heavy atom. The van der Waals surface area contributed by atoms with Crippen molar-refractivity contribution in [2.75, 3.05) is 85.7 Å². The van der Waals surface area contributed by atoms with Crippen LogP contribution in [-0.2, 0) is 57.2 Å². The minimum atomic E-state index is -1.16. The minimum Gasteiger partial charge on any atom is -0.481 e. The van der Waals surface area contributed by atoms with E-state index in [0.29, 0.717) is 72.4 Å². The molecule has 62 heavy (non-hydrogen) atoms. The molecule has 0 aromatic heterocycles. The highest BCUT2D eigenvalue weighted by molar-refractivity contribution is 6.13. The third-order valence-electron chi connectivity index (χ3n) is 9.93. The van der Waals surface area contributed by atoms with E-state index in [-0.39, 0.29) is 69.5 Å². The van der Waals surface area contributed by atoms with Gasteiger partial charge in [-0.05, 0) is 19.3 Å². The summed E-state index contributed by atoms with van der Waals surface area (Å²) in [4.78, 5) is 82.5. The Labute approximate surface area is 367 Å². The number of unbranched alkanes of at least 4 members (excludes halogenated alkanes) is 15. The second-order valence-corrected chi connectivity index (χ2v) is 15.2. The molecule has 0 saturated heterocycles. The van der Waals surface area contributed by atoms with Crippen molar-refractivity contribution >= 4 is 41.5 Å². The summed E-state index contributed by atoms with van der Waals surface area (Å²) in [5.74, 6) is -3.60. The number of hydrogen-bond donors (Lipinski definition) is 5. The van der Waals surface area contributed by atoms with Gasteiger partial charge in [0, 0.05) is 57.5 Å². The van der Waals surface area contributed by atoms with Gasteiger partial charge in [-0.2, -0.15) is 0 Å². The van der Waals surface area contributed by atoms with E-state index in [1.54, 1.807) is 0 Å². The molecule has 0 bridgehead atoms. The maximum Gasteiger partial charge on any atom is 0.326 e. The Morgan fingerprint density at radius 3 is 1.21 bits per heavy atom. The zero-order valence-electron chi connectivity index (χ0n) is 37.0. The summed E-state index contributed by atoms with van der Waals surface area (Å²) < 4.78 is 27.2. The van der Waals surface area contributed by atoms with Crippen LogP contribution in [0.1, 0.15) is 135 Å². The van der Waals surface area contributed by atoms with Crippen LogP contribution < -0.4 is 16.0 Å².